The first-order valence-corrected chi connectivity index (χ1v) is 6.36. The van der Waals surface area contributed by atoms with Crippen molar-refractivity contribution in [2.75, 3.05) is 0 Å². The van der Waals surface area contributed by atoms with Crippen LogP contribution in [0.4, 0.5) is 8.78 Å². The van der Waals surface area contributed by atoms with E-state index >= 15 is 0 Å². The predicted molar refractivity (Wildman–Crippen MR) is 73.6 cm³/mol. The van der Waals surface area contributed by atoms with Gasteiger partial charge in [-0.15, -0.1) is 0 Å². The molecule has 0 amide bonds. The molecule has 5 heteroatoms. The smallest absolute Gasteiger partial charge is 0.251 e. The van der Waals surface area contributed by atoms with Crippen molar-refractivity contribution in [1.82, 2.24) is 4.57 Å². The van der Waals surface area contributed by atoms with Gasteiger partial charge in [0.05, 0.1) is 6.54 Å². The fraction of sp³-hybridized carbons (Fsp3) is 0.154. The summed E-state index contributed by atoms with van der Waals surface area (Å²) in [7, 11) is 0. The van der Waals surface area contributed by atoms with Crippen LogP contribution >= 0.6 is 22.6 Å². The summed E-state index contributed by atoms with van der Waals surface area (Å²) in [6, 6.07) is 5.13. The second kappa shape index (κ2) is 5.17. The van der Waals surface area contributed by atoms with E-state index in [1.807, 2.05) is 6.92 Å². The van der Waals surface area contributed by atoms with E-state index in [0.29, 0.717) is 0 Å². The van der Waals surface area contributed by atoms with Crippen molar-refractivity contribution >= 4 is 22.6 Å². The summed E-state index contributed by atoms with van der Waals surface area (Å²) in [6.07, 6.45) is 1.60. The molecule has 2 aromatic rings. The van der Waals surface area contributed by atoms with Crippen molar-refractivity contribution in [2.24, 2.45) is 0 Å². The highest BCUT2D eigenvalue weighted by Crippen LogP contribution is 2.14. The van der Waals surface area contributed by atoms with Crippen molar-refractivity contribution in [1.29, 1.82) is 0 Å². The summed E-state index contributed by atoms with van der Waals surface area (Å²) < 4.78 is 29.2. The van der Waals surface area contributed by atoms with Crippen LogP contribution < -0.4 is 5.56 Å². The molecular weight excluding hydrogens is 351 g/mol. The second-order valence-corrected chi connectivity index (χ2v) is 5.13. The maximum absolute atomic E-state index is 13.5. The van der Waals surface area contributed by atoms with Gasteiger partial charge in [0.1, 0.15) is 11.6 Å². The van der Waals surface area contributed by atoms with E-state index in [0.717, 1.165) is 9.13 Å². The van der Waals surface area contributed by atoms with Crippen LogP contribution in [-0.4, -0.2) is 4.57 Å². The van der Waals surface area contributed by atoms with E-state index in [2.05, 4.69) is 22.6 Å². The molecule has 2 nitrogen and oxygen atoms in total. The number of pyridine rings is 1. The highest BCUT2D eigenvalue weighted by Gasteiger charge is 2.10. The average Bonchev–Trinajstić information content (AvgIpc) is 2.30. The monoisotopic (exact) mass is 361 g/mol. The summed E-state index contributed by atoms with van der Waals surface area (Å²) in [4.78, 5) is 11.7. The second-order valence-electron chi connectivity index (χ2n) is 3.97. The fourth-order valence-corrected chi connectivity index (χ4v) is 2.11. The van der Waals surface area contributed by atoms with E-state index in [9.17, 15) is 13.6 Å². The number of hydrogen-bond acceptors (Lipinski definition) is 1. The van der Waals surface area contributed by atoms with Gasteiger partial charge in [0.2, 0.25) is 0 Å². The number of hydrogen-bond donors (Lipinski definition) is 0. The molecule has 0 bridgehead atoms. The van der Waals surface area contributed by atoms with Gasteiger partial charge in [-0.05, 0) is 47.2 Å². The molecule has 0 saturated carbocycles. The molecule has 1 heterocycles. The maximum atomic E-state index is 13.5. The largest absolute Gasteiger partial charge is 0.310 e. The standard InChI is InChI=1S/C13H10F2INO/c1-8-5-13(18)17(7-12(8)16)6-9-10(14)3-2-4-11(9)15/h2-5,7H,6H2,1H3. The number of rotatable bonds is 2. The molecule has 2 rings (SSSR count). The van der Waals surface area contributed by atoms with Crippen LogP contribution in [-0.2, 0) is 6.54 Å². The molecule has 0 aliphatic heterocycles. The Balaban J connectivity index is 2.47. The normalized spacial score (nSPS) is 10.7. The minimum Gasteiger partial charge on any atom is -0.310 e. The van der Waals surface area contributed by atoms with Gasteiger partial charge in [-0.25, -0.2) is 8.78 Å². The van der Waals surface area contributed by atoms with Crippen LogP contribution in [0.3, 0.4) is 0 Å². The lowest BCUT2D eigenvalue weighted by molar-refractivity contribution is 0.541. The number of aromatic nitrogens is 1. The quantitative estimate of drug-likeness (QED) is 0.754. The first-order chi connectivity index (χ1) is 8.49. The van der Waals surface area contributed by atoms with Crippen LogP contribution in [0, 0.1) is 22.1 Å². The van der Waals surface area contributed by atoms with Crippen LogP contribution in [0.1, 0.15) is 11.1 Å². The molecule has 0 aliphatic rings. The van der Waals surface area contributed by atoms with Crippen LogP contribution in [0.5, 0.6) is 0 Å². The van der Waals surface area contributed by atoms with Crippen LogP contribution in [0.15, 0.2) is 35.3 Å². The fourth-order valence-electron chi connectivity index (χ4n) is 1.62. The van der Waals surface area contributed by atoms with Gasteiger partial charge in [-0.2, -0.15) is 0 Å². The number of nitrogens with zero attached hydrogens (tertiary/aromatic N) is 1. The Bertz CT molecular complexity index is 632. The lowest BCUT2D eigenvalue weighted by atomic mass is 10.2. The third-order valence-corrected chi connectivity index (χ3v) is 3.79. The Morgan fingerprint density at radius 3 is 2.50 bits per heavy atom. The molecule has 18 heavy (non-hydrogen) atoms. The van der Waals surface area contributed by atoms with E-state index in [1.54, 1.807) is 6.20 Å². The molecule has 0 spiro atoms. The van der Waals surface area contributed by atoms with Crippen molar-refractivity contribution in [3.63, 3.8) is 0 Å². The molecule has 94 valence electrons. The molecule has 0 unspecified atom stereocenters. The predicted octanol–water partition coefficient (Wildman–Crippen LogP) is 3.09. The Morgan fingerprint density at radius 2 is 1.89 bits per heavy atom. The van der Waals surface area contributed by atoms with Crippen molar-refractivity contribution < 1.29 is 8.78 Å². The van der Waals surface area contributed by atoms with E-state index in [1.165, 1.54) is 28.8 Å². The van der Waals surface area contributed by atoms with Crippen molar-refractivity contribution in [3.05, 3.63) is 67.1 Å². The molecule has 0 aliphatic carbocycles. The summed E-state index contributed by atoms with van der Waals surface area (Å²) in [6.45, 7) is 1.71. The molecule has 0 fully saturated rings. The maximum Gasteiger partial charge on any atom is 0.251 e. The summed E-state index contributed by atoms with van der Waals surface area (Å²) in [5.74, 6) is -1.28. The first-order valence-electron chi connectivity index (χ1n) is 5.28. The zero-order chi connectivity index (χ0) is 13.3. The topological polar surface area (TPSA) is 22.0 Å². The van der Waals surface area contributed by atoms with Crippen LogP contribution in [0.25, 0.3) is 0 Å². The molecule has 0 N–H and O–H groups in total. The lowest BCUT2D eigenvalue weighted by Gasteiger charge is -2.09. The third kappa shape index (κ3) is 2.60. The zero-order valence-electron chi connectivity index (χ0n) is 9.58. The van der Waals surface area contributed by atoms with Gasteiger partial charge >= 0.3 is 0 Å². The number of aryl methyl sites for hydroxylation is 1. The molecule has 1 aromatic carbocycles. The van der Waals surface area contributed by atoms with Gasteiger partial charge in [-0.1, -0.05) is 6.07 Å². The molecule has 1 aromatic heterocycles. The third-order valence-electron chi connectivity index (χ3n) is 2.66. The van der Waals surface area contributed by atoms with Crippen LogP contribution in [0.2, 0.25) is 0 Å². The lowest BCUT2D eigenvalue weighted by Crippen LogP contribution is -2.21. The van der Waals surface area contributed by atoms with Gasteiger partial charge in [0.25, 0.3) is 5.56 Å². The van der Waals surface area contributed by atoms with E-state index in [4.69, 9.17) is 0 Å². The van der Waals surface area contributed by atoms with Crippen molar-refractivity contribution in [3.8, 4) is 0 Å². The minimum atomic E-state index is -0.641. The van der Waals surface area contributed by atoms with Gasteiger partial charge in [0.15, 0.2) is 0 Å². The van der Waals surface area contributed by atoms with E-state index < -0.39 is 11.6 Å². The Labute approximate surface area is 116 Å². The van der Waals surface area contributed by atoms with Gasteiger partial charge in [0, 0.05) is 21.4 Å². The number of halogens is 3. The molecule has 0 radical (unpaired) electrons. The Kier molecular flexibility index (Phi) is 3.79. The highest BCUT2D eigenvalue weighted by atomic mass is 127. The zero-order valence-corrected chi connectivity index (χ0v) is 11.7. The number of benzene rings is 1. The minimum absolute atomic E-state index is 0.0979. The summed E-state index contributed by atoms with van der Waals surface area (Å²) in [5.41, 5.74) is 0.487. The van der Waals surface area contributed by atoms with Gasteiger partial charge < -0.3 is 4.57 Å². The highest BCUT2D eigenvalue weighted by molar-refractivity contribution is 14.1. The first kappa shape index (κ1) is 13.2. The Hall–Kier alpha value is -1.24. The van der Waals surface area contributed by atoms with E-state index in [-0.39, 0.29) is 17.7 Å². The Morgan fingerprint density at radius 1 is 1.28 bits per heavy atom. The van der Waals surface area contributed by atoms with Gasteiger partial charge in [-0.3, -0.25) is 4.79 Å². The summed E-state index contributed by atoms with van der Waals surface area (Å²) >= 11 is 2.08. The van der Waals surface area contributed by atoms with Crippen molar-refractivity contribution in [2.45, 2.75) is 13.5 Å². The molecular formula is C13H10F2INO. The average molecular weight is 361 g/mol. The molecule has 0 atom stereocenters. The SMILES string of the molecule is Cc1cc(=O)n(Cc2c(F)cccc2F)cc1I. The summed E-state index contributed by atoms with van der Waals surface area (Å²) in [5, 5.41) is 0. The molecule has 0 saturated heterocycles.